The van der Waals surface area contributed by atoms with Crippen molar-refractivity contribution in [3.63, 3.8) is 0 Å². The zero-order chi connectivity index (χ0) is 21.5. The van der Waals surface area contributed by atoms with Gasteiger partial charge in [0.25, 0.3) is 0 Å². The maximum Gasteiger partial charge on any atom is 0.210 e. The normalized spacial score (nSPS) is 15.0. The predicted octanol–water partition coefficient (Wildman–Crippen LogP) is 3.96. The number of fused-ring (bicyclic) bond motifs is 2. The fraction of sp³-hybridized carbons (Fsp3) is 0.417. The molecule has 3 aromatic rings. The predicted molar refractivity (Wildman–Crippen MR) is 116 cm³/mol. The molecule has 6 nitrogen and oxygen atoms in total. The Labute approximate surface area is 177 Å². The second-order valence-corrected chi connectivity index (χ2v) is 8.67. The van der Waals surface area contributed by atoms with E-state index >= 15 is 0 Å². The minimum absolute atomic E-state index is 0.115. The molecule has 30 heavy (non-hydrogen) atoms. The van der Waals surface area contributed by atoms with E-state index in [0.717, 1.165) is 53.6 Å². The van der Waals surface area contributed by atoms with Gasteiger partial charge in [-0.05, 0) is 68.0 Å². The van der Waals surface area contributed by atoms with E-state index in [4.69, 9.17) is 0 Å². The van der Waals surface area contributed by atoms with Crippen LogP contribution in [0.25, 0.3) is 11.0 Å². The summed E-state index contributed by atoms with van der Waals surface area (Å²) in [5, 5.41) is 18.7. The van der Waals surface area contributed by atoms with Crippen molar-refractivity contribution in [2.75, 3.05) is 6.54 Å². The second kappa shape index (κ2) is 7.56. The molecule has 0 fully saturated rings. The first-order chi connectivity index (χ1) is 14.4. The number of aromatic nitrogens is 3. The highest BCUT2D eigenvalue weighted by atomic mass is 16.1. The standard InChI is InChI=1S/C24H27N5O/c1-5-29-21-9-8-20(16(2)23(21)26-27-29)22(24(3,4)14-25)18-7-6-17-10-11-28(15-30)13-19(17)12-18/h6-9,12,15,22H,5,10-11,13H2,1-4H3. The Hall–Kier alpha value is -3.20. The summed E-state index contributed by atoms with van der Waals surface area (Å²) in [7, 11) is 0. The molecule has 1 amide bonds. The lowest BCUT2D eigenvalue weighted by atomic mass is 9.70. The number of benzene rings is 2. The first kappa shape index (κ1) is 20.1. The Kier molecular flexibility index (Phi) is 5.07. The number of aryl methyl sites for hydroxylation is 2. The molecule has 4 rings (SSSR count). The molecule has 0 saturated heterocycles. The van der Waals surface area contributed by atoms with Crippen LogP contribution < -0.4 is 0 Å². The monoisotopic (exact) mass is 401 g/mol. The zero-order valence-corrected chi connectivity index (χ0v) is 18.0. The number of hydrogen-bond acceptors (Lipinski definition) is 4. The van der Waals surface area contributed by atoms with Crippen LogP contribution in [0.4, 0.5) is 0 Å². The van der Waals surface area contributed by atoms with Gasteiger partial charge in [-0.25, -0.2) is 4.68 Å². The van der Waals surface area contributed by atoms with E-state index in [1.54, 1.807) is 4.90 Å². The van der Waals surface area contributed by atoms with Gasteiger partial charge in [-0.1, -0.05) is 29.5 Å². The molecule has 0 radical (unpaired) electrons. The van der Waals surface area contributed by atoms with Crippen molar-refractivity contribution in [1.82, 2.24) is 19.9 Å². The van der Waals surface area contributed by atoms with Crippen LogP contribution >= 0.6 is 0 Å². The van der Waals surface area contributed by atoms with Crippen molar-refractivity contribution in [3.8, 4) is 6.07 Å². The molecule has 0 spiro atoms. The molecule has 1 aliphatic heterocycles. The molecule has 1 aromatic heterocycles. The van der Waals surface area contributed by atoms with Gasteiger partial charge in [0.15, 0.2) is 0 Å². The highest BCUT2D eigenvalue weighted by Gasteiger charge is 2.34. The molecule has 6 heteroatoms. The number of nitrogens with zero attached hydrogens (tertiary/aromatic N) is 5. The van der Waals surface area contributed by atoms with Gasteiger partial charge >= 0.3 is 0 Å². The molecule has 2 heterocycles. The van der Waals surface area contributed by atoms with Gasteiger partial charge < -0.3 is 4.90 Å². The fourth-order valence-electron chi connectivity index (χ4n) is 4.65. The van der Waals surface area contributed by atoms with E-state index in [1.165, 1.54) is 11.1 Å². The van der Waals surface area contributed by atoms with E-state index in [1.807, 2.05) is 18.5 Å². The van der Waals surface area contributed by atoms with E-state index < -0.39 is 5.41 Å². The third kappa shape index (κ3) is 3.24. The summed E-state index contributed by atoms with van der Waals surface area (Å²) >= 11 is 0. The Morgan fingerprint density at radius 3 is 2.77 bits per heavy atom. The zero-order valence-electron chi connectivity index (χ0n) is 18.0. The van der Waals surface area contributed by atoms with Gasteiger partial charge in [0, 0.05) is 25.6 Å². The average Bonchev–Trinajstić information content (AvgIpc) is 3.19. The van der Waals surface area contributed by atoms with E-state index in [-0.39, 0.29) is 5.92 Å². The average molecular weight is 402 g/mol. The number of carbonyl (C=O) groups excluding carboxylic acids is 1. The van der Waals surface area contributed by atoms with E-state index in [0.29, 0.717) is 6.54 Å². The number of nitriles is 1. The molecule has 0 aliphatic carbocycles. The summed E-state index contributed by atoms with van der Waals surface area (Å²) < 4.78 is 1.89. The summed E-state index contributed by atoms with van der Waals surface area (Å²) in [5.74, 6) is -0.115. The second-order valence-electron chi connectivity index (χ2n) is 8.67. The Bertz CT molecular complexity index is 1150. The van der Waals surface area contributed by atoms with Crippen molar-refractivity contribution >= 4 is 17.4 Å². The topological polar surface area (TPSA) is 74.8 Å². The molecule has 2 aromatic carbocycles. The summed E-state index contributed by atoms with van der Waals surface area (Å²) in [6.45, 7) is 10.2. The number of rotatable bonds is 5. The summed E-state index contributed by atoms with van der Waals surface area (Å²) in [6.07, 6.45) is 1.78. The third-order valence-electron chi connectivity index (χ3n) is 6.36. The molecular weight excluding hydrogens is 374 g/mol. The summed E-state index contributed by atoms with van der Waals surface area (Å²) in [4.78, 5) is 13.1. The van der Waals surface area contributed by atoms with Gasteiger partial charge in [0.2, 0.25) is 6.41 Å². The molecule has 0 bridgehead atoms. The lowest BCUT2D eigenvalue weighted by molar-refractivity contribution is -0.118. The minimum atomic E-state index is -0.619. The summed E-state index contributed by atoms with van der Waals surface area (Å²) in [5.41, 5.74) is 6.99. The van der Waals surface area contributed by atoms with Crippen LogP contribution in [0.5, 0.6) is 0 Å². The van der Waals surface area contributed by atoms with Crippen LogP contribution in [-0.4, -0.2) is 32.8 Å². The van der Waals surface area contributed by atoms with Crippen LogP contribution in [0.2, 0.25) is 0 Å². The molecule has 1 unspecified atom stereocenters. The van der Waals surface area contributed by atoms with E-state index in [9.17, 15) is 10.1 Å². The highest BCUT2D eigenvalue weighted by Crippen LogP contribution is 2.43. The van der Waals surface area contributed by atoms with Crippen molar-refractivity contribution in [2.24, 2.45) is 5.41 Å². The number of carbonyl (C=O) groups is 1. The lowest BCUT2D eigenvalue weighted by Gasteiger charge is -2.32. The SMILES string of the molecule is CCn1nnc2c(C)c(C(c3ccc4c(c3)CN(C=O)CC4)C(C)(C)C#N)ccc21. The minimum Gasteiger partial charge on any atom is -0.341 e. The fourth-order valence-corrected chi connectivity index (χ4v) is 4.65. The molecule has 1 atom stereocenters. The maximum absolute atomic E-state index is 11.3. The van der Waals surface area contributed by atoms with Gasteiger partial charge in [-0.2, -0.15) is 5.26 Å². The van der Waals surface area contributed by atoms with Crippen LogP contribution in [0.3, 0.4) is 0 Å². The first-order valence-corrected chi connectivity index (χ1v) is 10.4. The van der Waals surface area contributed by atoms with Crippen molar-refractivity contribution < 1.29 is 4.79 Å². The van der Waals surface area contributed by atoms with Gasteiger partial charge in [-0.3, -0.25) is 4.79 Å². The van der Waals surface area contributed by atoms with Crippen LogP contribution in [0, 0.1) is 23.7 Å². The van der Waals surface area contributed by atoms with Crippen molar-refractivity contribution in [2.45, 2.75) is 53.1 Å². The van der Waals surface area contributed by atoms with Gasteiger partial charge in [0.1, 0.15) is 5.52 Å². The molecule has 1 aliphatic rings. The van der Waals surface area contributed by atoms with Crippen LogP contribution in [-0.2, 0) is 24.3 Å². The largest absolute Gasteiger partial charge is 0.341 e. The third-order valence-corrected chi connectivity index (χ3v) is 6.36. The van der Waals surface area contributed by atoms with Crippen LogP contribution in [0.1, 0.15) is 54.5 Å². The maximum atomic E-state index is 11.3. The van der Waals surface area contributed by atoms with Gasteiger partial charge in [0.05, 0.1) is 17.0 Å². The molecule has 0 N–H and O–H groups in total. The van der Waals surface area contributed by atoms with Gasteiger partial charge in [-0.15, -0.1) is 5.10 Å². The molecular formula is C24H27N5O. The Morgan fingerprint density at radius 1 is 1.27 bits per heavy atom. The smallest absolute Gasteiger partial charge is 0.210 e. The highest BCUT2D eigenvalue weighted by molar-refractivity contribution is 5.80. The van der Waals surface area contributed by atoms with Crippen LogP contribution in [0.15, 0.2) is 30.3 Å². The number of amides is 1. The first-order valence-electron chi connectivity index (χ1n) is 10.4. The summed E-state index contributed by atoms with van der Waals surface area (Å²) in [6, 6.07) is 13.2. The molecule has 154 valence electrons. The molecule has 0 saturated carbocycles. The van der Waals surface area contributed by atoms with Crippen molar-refractivity contribution in [3.05, 3.63) is 58.1 Å². The number of hydrogen-bond donors (Lipinski definition) is 0. The Balaban J connectivity index is 1.87. The lowest BCUT2D eigenvalue weighted by Crippen LogP contribution is -2.29. The Morgan fingerprint density at radius 2 is 2.07 bits per heavy atom. The van der Waals surface area contributed by atoms with Crippen molar-refractivity contribution in [1.29, 1.82) is 5.26 Å². The van der Waals surface area contributed by atoms with E-state index in [2.05, 4.69) is 60.6 Å². The quantitative estimate of drug-likeness (QED) is 0.607.